The SMILES string of the molecule is OCC1(NC2CC2)CCCC1CCSCC1CCCO1. The van der Waals surface area contributed by atoms with Crippen LogP contribution in [0.2, 0.25) is 0 Å². The maximum Gasteiger partial charge on any atom is 0.0666 e. The second-order valence-electron chi connectivity index (χ2n) is 6.82. The summed E-state index contributed by atoms with van der Waals surface area (Å²) in [6, 6.07) is 0.697. The fourth-order valence-electron chi connectivity index (χ4n) is 3.86. The van der Waals surface area contributed by atoms with E-state index in [9.17, 15) is 5.11 Å². The van der Waals surface area contributed by atoms with Gasteiger partial charge in [-0.15, -0.1) is 0 Å². The molecule has 0 aromatic carbocycles. The molecule has 1 aliphatic heterocycles. The zero-order valence-corrected chi connectivity index (χ0v) is 13.3. The Balaban J connectivity index is 1.40. The summed E-state index contributed by atoms with van der Waals surface area (Å²) >= 11 is 2.05. The summed E-state index contributed by atoms with van der Waals surface area (Å²) in [5.41, 5.74) is 0.0472. The highest BCUT2D eigenvalue weighted by Gasteiger charge is 2.44. The second-order valence-corrected chi connectivity index (χ2v) is 7.97. The van der Waals surface area contributed by atoms with Crippen molar-refractivity contribution in [3.05, 3.63) is 0 Å². The molecule has 2 saturated carbocycles. The summed E-state index contributed by atoms with van der Waals surface area (Å²) < 4.78 is 5.67. The average Bonchev–Trinajstić information content (AvgIpc) is 2.97. The van der Waals surface area contributed by atoms with Gasteiger partial charge in [0.05, 0.1) is 12.7 Å². The first kappa shape index (κ1) is 15.1. The Hall–Kier alpha value is 0.230. The molecule has 2 N–H and O–H groups in total. The van der Waals surface area contributed by atoms with Gasteiger partial charge in [-0.05, 0) is 56.6 Å². The van der Waals surface area contributed by atoms with Crippen molar-refractivity contribution in [2.75, 3.05) is 24.7 Å². The summed E-state index contributed by atoms with van der Waals surface area (Å²) in [4.78, 5) is 0. The van der Waals surface area contributed by atoms with E-state index in [4.69, 9.17) is 4.74 Å². The lowest BCUT2D eigenvalue weighted by Gasteiger charge is -2.35. The first-order chi connectivity index (χ1) is 9.82. The first-order valence-corrected chi connectivity index (χ1v) is 9.56. The van der Waals surface area contributed by atoms with E-state index < -0.39 is 0 Å². The van der Waals surface area contributed by atoms with E-state index in [0.29, 0.717) is 24.7 Å². The minimum Gasteiger partial charge on any atom is -0.394 e. The van der Waals surface area contributed by atoms with Gasteiger partial charge in [0.1, 0.15) is 0 Å². The Bertz CT molecular complexity index is 305. The lowest BCUT2D eigenvalue weighted by atomic mass is 9.85. The Morgan fingerprint density at radius 1 is 1.20 bits per heavy atom. The number of hydrogen-bond acceptors (Lipinski definition) is 4. The monoisotopic (exact) mass is 299 g/mol. The standard InChI is InChI=1S/C16H29NO2S/c18-12-16(17-14-5-6-14)8-1-3-13(16)7-10-20-11-15-4-2-9-19-15/h13-15,17-18H,1-12H2. The zero-order valence-electron chi connectivity index (χ0n) is 12.5. The van der Waals surface area contributed by atoms with Crippen LogP contribution in [0.25, 0.3) is 0 Å². The van der Waals surface area contributed by atoms with Gasteiger partial charge in [0, 0.05) is 23.9 Å². The summed E-state index contributed by atoms with van der Waals surface area (Å²) in [5.74, 6) is 3.05. The molecule has 0 amide bonds. The average molecular weight is 299 g/mol. The molecule has 4 heteroatoms. The van der Waals surface area contributed by atoms with Crippen LogP contribution in [0.3, 0.4) is 0 Å². The Kier molecular flexibility index (Phi) is 5.29. The third kappa shape index (κ3) is 3.70. The van der Waals surface area contributed by atoms with E-state index in [1.165, 1.54) is 57.1 Å². The smallest absolute Gasteiger partial charge is 0.0666 e. The van der Waals surface area contributed by atoms with Gasteiger partial charge in [-0.3, -0.25) is 0 Å². The topological polar surface area (TPSA) is 41.5 Å². The highest BCUT2D eigenvalue weighted by molar-refractivity contribution is 7.99. The molecule has 116 valence electrons. The molecule has 1 heterocycles. The molecule has 0 radical (unpaired) electrons. The Labute approximate surface area is 127 Å². The minimum absolute atomic E-state index is 0.0472. The normalized spacial score (nSPS) is 37.6. The molecular weight excluding hydrogens is 270 g/mol. The lowest BCUT2D eigenvalue weighted by molar-refractivity contribution is 0.119. The fourth-order valence-corrected chi connectivity index (χ4v) is 5.00. The summed E-state index contributed by atoms with van der Waals surface area (Å²) in [5, 5.41) is 13.7. The third-order valence-electron chi connectivity index (χ3n) is 5.25. The molecule has 0 spiro atoms. The van der Waals surface area contributed by atoms with E-state index in [1.54, 1.807) is 0 Å². The van der Waals surface area contributed by atoms with Crippen molar-refractivity contribution in [3.63, 3.8) is 0 Å². The molecule has 2 aliphatic carbocycles. The van der Waals surface area contributed by atoms with E-state index in [1.807, 2.05) is 11.8 Å². The van der Waals surface area contributed by atoms with Crippen molar-refractivity contribution in [1.82, 2.24) is 5.32 Å². The number of rotatable bonds is 8. The predicted octanol–water partition coefficient (Wildman–Crippen LogP) is 2.57. The molecule has 0 aromatic rings. The summed E-state index contributed by atoms with van der Waals surface area (Å²) in [6.45, 7) is 1.29. The number of ether oxygens (including phenoxy) is 1. The maximum atomic E-state index is 9.90. The van der Waals surface area contributed by atoms with Gasteiger partial charge in [-0.2, -0.15) is 11.8 Å². The Morgan fingerprint density at radius 3 is 2.80 bits per heavy atom. The van der Waals surface area contributed by atoms with E-state index in [2.05, 4.69) is 5.32 Å². The predicted molar refractivity (Wildman–Crippen MR) is 84.2 cm³/mol. The number of nitrogens with one attached hydrogen (secondary N) is 1. The van der Waals surface area contributed by atoms with Crippen LogP contribution in [0.1, 0.15) is 51.4 Å². The van der Waals surface area contributed by atoms with Crippen LogP contribution < -0.4 is 5.32 Å². The molecule has 3 rings (SSSR count). The summed E-state index contributed by atoms with van der Waals surface area (Å²) in [6.07, 6.45) is 10.6. The van der Waals surface area contributed by atoms with Gasteiger partial charge < -0.3 is 15.2 Å². The fraction of sp³-hybridized carbons (Fsp3) is 1.00. The Morgan fingerprint density at radius 2 is 2.10 bits per heavy atom. The molecule has 3 atom stereocenters. The van der Waals surface area contributed by atoms with Crippen molar-refractivity contribution in [2.45, 2.75) is 69.1 Å². The highest BCUT2D eigenvalue weighted by atomic mass is 32.2. The molecule has 0 aromatic heterocycles. The molecule has 20 heavy (non-hydrogen) atoms. The number of thioether (sulfide) groups is 1. The van der Waals surface area contributed by atoms with Crippen molar-refractivity contribution < 1.29 is 9.84 Å². The van der Waals surface area contributed by atoms with E-state index in [-0.39, 0.29) is 5.54 Å². The van der Waals surface area contributed by atoms with Gasteiger partial charge >= 0.3 is 0 Å². The van der Waals surface area contributed by atoms with Gasteiger partial charge in [-0.1, -0.05) is 6.42 Å². The molecular formula is C16H29NO2S. The maximum absolute atomic E-state index is 9.90. The lowest BCUT2D eigenvalue weighted by Crippen LogP contribution is -2.52. The molecule has 3 nitrogen and oxygen atoms in total. The van der Waals surface area contributed by atoms with Crippen molar-refractivity contribution in [1.29, 1.82) is 0 Å². The van der Waals surface area contributed by atoms with Crippen LogP contribution in [-0.2, 0) is 4.74 Å². The molecule has 3 fully saturated rings. The largest absolute Gasteiger partial charge is 0.394 e. The first-order valence-electron chi connectivity index (χ1n) is 8.40. The molecule has 0 bridgehead atoms. The van der Waals surface area contributed by atoms with Gasteiger partial charge in [-0.25, -0.2) is 0 Å². The minimum atomic E-state index is 0.0472. The number of aliphatic hydroxyl groups excluding tert-OH is 1. The zero-order chi connectivity index (χ0) is 13.8. The second kappa shape index (κ2) is 6.99. The summed E-state index contributed by atoms with van der Waals surface area (Å²) in [7, 11) is 0. The highest BCUT2D eigenvalue weighted by Crippen LogP contribution is 2.40. The van der Waals surface area contributed by atoms with Crippen LogP contribution >= 0.6 is 11.8 Å². The van der Waals surface area contributed by atoms with Crippen molar-refractivity contribution in [3.8, 4) is 0 Å². The van der Waals surface area contributed by atoms with Crippen LogP contribution in [0.15, 0.2) is 0 Å². The number of hydrogen-bond donors (Lipinski definition) is 2. The van der Waals surface area contributed by atoms with Crippen LogP contribution in [-0.4, -0.2) is 47.5 Å². The molecule has 3 unspecified atom stereocenters. The van der Waals surface area contributed by atoms with E-state index in [0.717, 1.165) is 12.4 Å². The quantitative estimate of drug-likeness (QED) is 0.676. The van der Waals surface area contributed by atoms with E-state index >= 15 is 0 Å². The number of aliphatic hydroxyl groups is 1. The van der Waals surface area contributed by atoms with Gasteiger partial charge in [0.2, 0.25) is 0 Å². The third-order valence-corrected chi connectivity index (χ3v) is 6.38. The molecule has 3 aliphatic rings. The van der Waals surface area contributed by atoms with Crippen molar-refractivity contribution in [2.24, 2.45) is 5.92 Å². The van der Waals surface area contributed by atoms with Gasteiger partial charge in [0.25, 0.3) is 0 Å². The van der Waals surface area contributed by atoms with Crippen molar-refractivity contribution >= 4 is 11.8 Å². The van der Waals surface area contributed by atoms with Gasteiger partial charge in [0.15, 0.2) is 0 Å². The van der Waals surface area contributed by atoms with Crippen LogP contribution in [0.4, 0.5) is 0 Å². The molecule has 1 saturated heterocycles. The van der Waals surface area contributed by atoms with Crippen LogP contribution in [0.5, 0.6) is 0 Å². The van der Waals surface area contributed by atoms with Crippen LogP contribution in [0, 0.1) is 5.92 Å².